The van der Waals surface area contributed by atoms with E-state index in [0.717, 1.165) is 6.42 Å². The molecule has 1 unspecified atom stereocenters. The number of nitrogens with one attached hydrogen (secondary N) is 1. The van der Waals surface area contributed by atoms with Gasteiger partial charge in [-0.3, -0.25) is 19.3 Å². The van der Waals surface area contributed by atoms with E-state index in [1.54, 1.807) is 4.90 Å². The van der Waals surface area contributed by atoms with E-state index in [-0.39, 0.29) is 18.4 Å². The summed E-state index contributed by atoms with van der Waals surface area (Å²) in [6, 6.07) is -0.438. The second kappa shape index (κ2) is 7.51. The first-order chi connectivity index (χ1) is 11.3. The van der Waals surface area contributed by atoms with Crippen LogP contribution in [0.5, 0.6) is 0 Å². The lowest BCUT2D eigenvalue weighted by atomic mass is 9.81. The van der Waals surface area contributed by atoms with Crippen molar-refractivity contribution in [3.05, 3.63) is 0 Å². The third-order valence-electron chi connectivity index (χ3n) is 5.01. The van der Waals surface area contributed by atoms with Crippen molar-refractivity contribution in [2.24, 2.45) is 5.92 Å². The van der Waals surface area contributed by atoms with E-state index in [0.29, 0.717) is 44.8 Å². The highest BCUT2D eigenvalue weighted by atomic mass is 16.4. The topological polar surface area (TPSA) is 90.0 Å². The number of amides is 2. The van der Waals surface area contributed by atoms with Gasteiger partial charge in [-0.05, 0) is 31.6 Å². The van der Waals surface area contributed by atoms with Crippen molar-refractivity contribution in [3.63, 3.8) is 0 Å². The first-order valence-corrected chi connectivity index (χ1v) is 8.86. The summed E-state index contributed by atoms with van der Waals surface area (Å²) in [5, 5.41) is 11.9. The minimum Gasteiger partial charge on any atom is -0.480 e. The highest BCUT2D eigenvalue weighted by Crippen LogP contribution is 2.34. The van der Waals surface area contributed by atoms with E-state index in [1.165, 1.54) is 0 Å². The number of piperidine rings is 1. The first-order valence-electron chi connectivity index (χ1n) is 8.86. The zero-order valence-corrected chi connectivity index (χ0v) is 14.9. The molecule has 0 aromatic carbocycles. The Kier molecular flexibility index (Phi) is 5.85. The van der Waals surface area contributed by atoms with E-state index in [2.05, 4.69) is 5.32 Å². The number of carboxylic acid groups (broad SMARTS) is 1. The fourth-order valence-corrected chi connectivity index (χ4v) is 3.82. The van der Waals surface area contributed by atoms with E-state index in [1.807, 2.05) is 25.7 Å². The molecule has 2 heterocycles. The van der Waals surface area contributed by atoms with Crippen LogP contribution in [0.2, 0.25) is 0 Å². The standard InChI is InChI=1S/C17H29N3O4/c1-4-7-20-15(23)13(10-12(2)3)18-16(24)17(20)5-8-19(9-6-17)11-14(21)22/h12-13H,4-11H2,1-3H3,(H,18,24)(H,21,22). The van der Waals surface area contributed by atoms with E-state index in [4.69, 9.17) is 5.11 Å². The van der Waals surface area contributed by atoms with Crippen LogP contribution in [0.1, 0.15) is 46.5 Å². The Labute approximate surface area is 143 Å². The molecule has 0 aliphatic carbocycles. The molecular formula is C17H29N3O4. The minimum absolute atomic E-state index is 0.0110. The van der Waals surface area contributed by atoms with Crippen molar-refractivity contribution in [1.82, 2.24) is 15.1 Å². The first kappa shape index (κ1) is 18.7. The number of carboxylic acids is 1. The zero-order chi connectivity index (χ0) is 17.9. The monoisotopic (exact) mass is 339 g/mol. The molecule has 7 nitrogen and oxygen atoms in total. The largest absolute Gasteiger partial charge is 0.480 e. The Morgan fingerprint density at radius 2 is 1.96 bits per heavy atom. The molecule has 2 saturated heterocycles. The maximum absolute atomic E-state index is 12.9. The third-order valence-corrected chi connectivity index (χ3v) is 5.01. The maximum Gasteiger partial charge on any atom is 0.317 e. The number of hydrogen-bond donors (Lipinski definition) is 2. The van der Waals surface area contributed by atoms with Gasteiger partial charge in [0.1, 0.15) is 11.6 Å². The molecule has 0 radical (unpaired) electrons. The average Bonchev–Trinajstić information content (AvgIpc) is 2.50. The molecule has 2 N–H and O–H groups in total. The van der Waals surface area contributed by atoms with Crippen LogP contribution in [-0.2, 0) is 14.4 Å². The number of aliphatic carboxylic acids is 1. The molecule has 2 amide bonds. The average molecular weight is 339 g/mol. The molecule has 7 heteroatoms. The molecule has 2 rings (SSSR count). The number of rotatable bonds is 6. The molecule has 0 aromatic heterocycles. The zero-order valence-electron chi connectivity index (χ0n) is 14.9. The number of carbonyl (C=O) groups excluding carboxylic acids is 2. The summed E-state index contributed by atoms with van der Waals surface area (Å²) in [5.41, 5.74) is -0.810. The Morgan fingerprint density at radius 3 is 2.46 bits per heavy atom. The number of carbonyl (C=O) groups is 3. The van der Waals surface area contributed by atoms with Crippen LogP contribution in [0.4, 0.5) is 0 Å². The Bertz CT molecular complexity index is 498. The molecule has 136 valence electrons. The van der Waals surface area contributed by atoms with Crippen molar-refractivity contribution in [1.29, 1.82) is 0 Å². The van der Waals surface area contributed by atoms with Crippen LogP contribution in [0.15, 0.2) is 0 Å². The van der Waals surface area contributed by atoms with E-state index < -0.39 is 17.6 Å². The molecule has 2 fully saturated rings. The lowest BCUT2D eigenvalue weighted by molar-refractivity contribution is -0.162. The molecule has 0 aromatic rings. The van der Waals surface area contributed by atoms with E-state index in [9.17, 15) is 14.4 Å². The van der Waals surface area contributed by atoms with Gasteiger partial charge in [0.05, 0.1) is 6.54 Å². The smallest absolute Gasteiger partial charge is 0.317 e. The summed E-state index contributed by atoms with van der Waals surface area (Å²) in [6.07, 6.45) is 2.43. The molecule has 2 aliphatic rings. The van der Waals surface area contributed by atoms with Crippen LogP contribution in [0.25, 0.3) is 0 Å². The maximum atomic E-state index is 12.9. The minimum atomic E-state index is -0.863. The summed E-state index contributed by atoms with van der Waals surface area (Å²) in [5.74, 6) is -0.597. The predicted octanol–water partition coefficient (Wildman–Crippen LogP) is 0.689. The fraction of sp³-hybridized carbons (Fsp3) is 0.824. The third kappa shape index (κ3) is 3.71. The van der Waals surface area contributed by atoms with E-state index >= 15 is 0 Å². The van der Waals surface area contributed by atoms with Crippen molar-refractivity contribution in [3.8, 4) is 0 Å². The summed E-state index contributed by atoms with van der Waals surface area (Å²) in [4.78, 5) is 40.3. The van der Waals surface area contributed by atoms with Gasteiger partial charge in [-0.25, -0.2) is 0 Å². The van der Waals surface area contributed by atoms with Gasteiger partial charge in [-0.15, -0.1) is 0 Å². The normalized spacial score (nSPS) is 24.5. The van der Waals surface area contributed by atoms with Crippen LogP contribution in [0.3, 0.4) is 0 Å². The molecular weight excluding hydrogens is 310 g/mol. The van der Waals surface area contributed by atoms with Crippen molar-refractivity contribution >= 4 is 17.8 Å². The number of piperazine rings is 1. The summed E-state index contributed by atoms with van der Waals surface area (Å²) in [6.45, 7) is 7.67. The molecule has 1 spiro atoms. The summed E-state index contributed by atoms with van der Waals surface area (Å²) < 4.78 is 0. The van der Waals surface area contributed by atoms with Gasteiger partial charge in [0.25, 0.3) is 0 Å². The van der Waals surface area contributed by atoms with Gasteiger partial charge in [-0.2, -0.15) is 0 Å². The van der Waals surface area contributed by atoms with Crippen LogP contribution in [0, 0.1) is 5.92 Å². The molecule has 2 aliphatic heterocycles. The van der Waals surface area contributed by atoms with Gasteiger partial charge in [-0.1, -0.05) is 20.8 Å². The van der Waals surface area contributed by atoms with Crippen LogP contribution in [-0.4, -0.2) is 70.4 Å². The van der Waals surface area contributed by atoms with Gasteiger partial charge in [0.15, 0.2) is 0 Å². The number of nitrogens with zero attached hydrogens (tertiary/aromatic N) is 2. The van der Waals surface area contributed by atoms with Crippen molar-refractivity contribution in [2.75, 3.05) is 26.2 Å². The summed E-state index contributed by atoms with van der Waals surface area (Å²) in [7, 11) is 0. The second-order valence-corrected chi connectivity index (χ2v) is 7.35. The number of hydrogen-bond acceptors (Lipinski definition) is 4. The second-order valence-electron chi connectivity index (χ2n) is 7.35. The molecule has 24 heavy (non-hydrogen) atoms. The van der Waals surface area contributed by atoms with Gasteiger partial charge in [0.2, 0.25) is 11.8 Å². The lowest BCUT2D eigenvalue weighted by Gasteiger charge is -2.51. The van der Waals surface area contributed by atoms with Gasteiger partial charge in [0, 0.05) is 19.6 Å². The quantitative estimate of drug-likeness (QED) is 0.743. The van der Waals surface area contributed by atoms with Gasteiger partial charge >= 0.3 is 5.97 Å². The Balaban J connectivity index is 2.17. The SMILES string of the molecule is CCCN1C(=O)C(CC(C)C)NC(=O)C12CCN(CC(=O)O)CC2. The van der Waals surface area contributed by atoms with Crippen molar-refractivity contribution < 1.29 is 19.5 Å². The lowest BCUT2D eigenvalue weighted by Crippen LogP contribution is -2.73. The highest BCUT2D eigenvalue weighted by Gasteiger charge is 2.53. The fourth-order valence-electron chi connectivity index (χ4n) is 3.82. The molecule has 0 bridgehead atoms. The van der Waals surface area contributed by atoms with Crippen LogP contribution < -0.4 is 5.32 Å². The highest BCUT2D eigenvalue weighted by molar-refractivity contribution is 6.00. The predicted molar refractivity (Wildman–Crippen MR) is 89.4 cm³/mol. The van der Waals surface area contributed by atoms with Crippen LogP contribution >= 0.6 is 0 Å². The summed E-state index contributed by atoms with van der Waals surface area (Å²) >= 11 is 0. The van der Waals surface area contributed by atoms with Gasteiger partial charge < -0.3 is 15.3 Å². The molecule has 1 atom stereocenters. The molecule has 0 saturated carbocycles. The Morgan fingerprint density at radius 1 is 1.33 bits per heavy atom. The number of likely N-dealkylation sites (tertiary alicyclic amines) is 1. The Hall–Kier alpha value is -1.63. The van der Waals surface area contributed by atoms with Crippen molar-refractivity contribution in [2.45, 2.75) is 58.0 Å².